The molecule has 0 radical (unpaired) electrons. The average Bonchev–Trinajstić information content (AvgIpc) is 2.26. The maximum absolute atomic E-state index is 9.26. The Morgan fingerprint density at radius 1 is 1.47 bits per heavy atom. The second-order valence-electron chi connectivity index (χ2n) is 5.01. The zero-order chi connectivity index (χ0) is 12.4. The third-order valence-electron chi connectivity index (χ3n) is 3.39. The summed E-state index contributed by atoms with van der Waals surface area (Å²) in [4.78, 5) is 6.51. The Morgan fingerprint density at radius 3 is 2.71 bits per heavy atom. The summed E-state index contributed by atoms with van der Waals surface area (Å²) in [7, 11) is 2.03. The molecule has 1 heterocycles. The monoisotopic (exact) mass is 236 g/mol. The Hall–Kier alpha value is -1.13. The van der Waals surface area contributed by atoms with Gasteiger partial charge in [-0.15, -0.1) is 0 Å². The van der Waals surface area contributed by atoms with Gasteiger partial charge in [-0.2, -0.15) is 0 Å². The second kappa shape index (κ2) is 5.02. The quantitative estimate of drug-likeness (QED) is 0.821. The first-order chi connectivity index (χ1) is 8.10. The molecule has 1 aliphatic carbocycles. The molecule has 1 aromatic rings. The summed E-state index contributed by atoms with van der Waals surface area (Å²) in [5, 5.41) is 18.3. The molecule has 2 N–H and O–H groups in total. The third-order valence-corrected chi connectivity index (χ3v) is 3.39. The highest BCUT2D eigenvalue weighted by atomic mass is 16.3. The maximum Gasteiger partial charge on any atom is 0.131 e. The first-order valence-corrected chi connectivity index (χ1v) is 6.05. The van der Waals surface area contributed by atoms with Crippen LogP contribution in [0.15, 0.2) is 12.3 Å². The van der Waals surface area contributed by atoms with Gasteiger partial charge in [0.15, 0.2) is 0 Å². The molecular weight excluding hydrogens is 216 g/mol. The number of nitrogens with zero attached hydrogens (tertiary/aromatic N) is 2. The highest BCUT2D eigenvalue weighted by Gasteiger charge is 2.28. The fraction of sp³-hybridized carbons (Fsp3) is 0.615. The molecule has 94 valence electrons. The number of hydrogen-bond acceptors (Lipinski definition) is 4. The number of anilines is 1. The first-order valence-electron chi connectivity index (χ1n) is 6.05. The highest BCUT2D eigenvalue weighted by Crippen LogP contribution is 2.29. The largest absolute Gasteiger partial charge is 0.393 e. The second-order valence-corrected chi connectivity index (χ2v) is 5.01. The van der Waals surface area contributed by atoms with Gasteiger partial charge in [0.1, 0.15) is 5.82 Å². The molecule has 4 heteroatoms. The van der Waals surface area contributed by atoms with Gasteiger partial charge < -0.3 is 15.1 Å². The van der Waals surface area contributed by atoms with E-state index in [9.17, 15) is 5.11 Å². The van der Waals surface area contributed by atoms with Gasteiger partial charge in [0.25, 0.3) is 0 Å². The number of pyridine rings is 1. The summed E-state index contributed by atoms with van der Waals surface area (Å²) in [6.07, 6.45) is 3.42. The average molecular weight is 236 g/mol. The van der Waals surface area contributed by atoms with Crippen LogP contribution < -0.4 is 4.90 Å². The summed E-state index contributed by atoms with van der Waals surface area (Å²) >= 11 is 0. The predicted molar refractivity (Wildman–Crippen MR) is 66.9 cm³/mol. The van der Waals surface area contributed by atoms with Crippen LogP contribution in [0, 0.1) is 12.8 Å². The topological polar surface area (TPSA) is 56.6 Å². The summed E-state index contributed by atoms with van der Waals surface area (Å²) in [6.45, 7) is 2.98. The van der Waals surface area contributed by atoms with Crippen molar-refractivity contribution in [1.82, 2.24) is 4.98 Å². The zero-order valence-corrected chi connectivity index (χ0v) is 10.4. The van der Waals surface area contributed by atoms with Crippen molar-refractivity contribution in [3.8, 4) is 0 Å². The number of aryl methyl sites for hydroxylation is 1. The van der Waals surface area contributed by atoms with Gasteiger partial charge in [-0.3, -0.25) is 0 Å². The molecule has 0 aliphatic heterocycles. The van der Waals surface area contributed by atoms with E-state index in [1.54, 1.807) is 6.20 Å². The molecule has 0 amide bonds. The van der Waals surface area contributed by atoms with E-state index in [0.29, 0.717) is 5.92 Å². The fourth-order valence-corrected chi connectivity index (χ4v) is 2.44. The predicted octanol–water partition coefficient (Wildman–Crippen LogP) is 1.09. The first kappa shape index (κ1) is 12.3. The molecule has 1 saturated carbocycles. The van der Waals surface area contributed by atoms with E-state index >= 15 is 0 Å². The number of aliphatic hydroxyl groups is 2. The standard InChI is InChI=1S/C13H20N2O2/c1-9-3-11(8-16)6-14-13(9)15(2)7-10-4-12(17)5-10/h3,6,10,12,16-17H,4-5,7-8H2,1-2H3. The van der Waals surface area contributed by atoms with Crippen molar-refractivity contribution in [3.05, 3.63) is 23.4 Å². The van der Waals surface area contributed by atoms with E-state index in [4.69, 9.17) is 5.11 Å². The molecule has 2 rings (SSSR count). The molecule has 1 aromatic heterocycles. The molecular formula is C13H20N2O2. The van der Waals surface area contributed by atoms with Crippen molar-refractivity contribution in [2.75, 3.05) is 18.5 Å². The molecule has 0 spiro atoms. The SMILES string of the molecule is Cc1cc(CO)cnc1N(C)CC1CC(O)C1. The molecule has 1 fully saturated rings. The van der Waals surface area contributed by atoms with Gasteiger partial charge in [-0.25, -0.2) is 4.98 Å². The molecule has 0 unspecified atom stereocenters. The van der Waals surface area contributed by atoms with E-state index in [-0.39, 0.29) is 12.7 Å². The van der Waals surface area contributed by atoms with Gasteiger partial charge in [0.05, 0.1) is 12.7 Å². The van der Waals surface area contributed by atoms with E-state index in [2.05, 4.69) is 9.88 Å². The van der Waals surface area contributed by atoms with Crippen LogP contribution in [0.3, 0.4) is 0 Å². The number of aliphatic hydroxyl groups excluding tert-OH is 2. The Bertz CT molecular complexity index is 389. The summed E-state index contributed by atoms with van der Waals surface area (Å²) < 4.78 is 0. The van der Waals surface area contributed by atoms with Gasteiger partial charge in [0, 0.05) is 19.8 Å². The zero-order valence-electron chi connectivity index (χ0n) is 10.4. The van der Waals surface area contributed by atoms with E-state index in [0.717, 1.165) is 36.3 Å². The molecule has 0 bridgehead atoms. The molecule has 0 atom stereocenters. The van der Waals surface area contributed by atoms with Crippen LogP contribution in [0.1, 0.15) is 24.0 Å². The van der Waals surface area contributed by atoms with Gasteiger partial charge >= 0.3 is 0 Å². The van der Waals surface area contributed by atoms with Gasteiger partial charge in [-0.05, 0) is 42.9 Å². The van der Waals surface area contributed by atoms with Gasteiger partial charge in [-0.1, -0.05) is 0 Å². The molecule has 1 aliphatic rings. The van der Waals surface area contributed by atoms with Crippen molar-refractivity contribution >= 4 is 5.82 Å². The van der Waals surface area contributed by atoms with Crippen LogP contribution in [-0.2, 0) is 6.61 Å². The van der Waals surface area contributed by atoms with Crippen molar-refractivity contribution < 1.29 is 10.2 Å². The van der Waals surface area contributed by atoms with E-state index < -0.39 is 0 Å². The lowest BCUT2D eigenvalue weighted by molar-refractivity contribution is 0.0464. The highest BCUT2D eigenvalue weighted by molar-refractivity contribution is 5.46. The minimum absolute atomic E-state index is 0.0344. The van der Waals surface area contributed by atoms with Crippen LogP contribution in [0.4, 0.5) is 5.82 Å². The lowest BCUT2D eigenvalue weighted by Crippen LogP contribution is -2.37. The van der Waals surface area contributed by atoms with E-state index in [1.165, 1.54) is 0 Å². The third kappa shape index (κ3) is 2.76. The Labute approximate surface area is 102 Å². The normalized spacial score (nSPS) is 23.3. The summed E-state index contributed by atoms with van der Waals surface area (Å²) in [5.41, 5.74) is 1.93. The van der Waals surface area contributed by atoms with E-state index in [1.807, 2.05) is 20.0 Å². The number of rotatable bonds is 4. The van der Waals surface area contributed by atoms with Crippen LogP contribution in [0.25, 0.3) is 0 Å². The maximum atomic E-state index is 9.26. The summed E-state index contributed by atoms with van der Waals surface area (Å²) in [5.74, 6) is 1.54. The summed E-state index contributed by atoms with van der Waals surface area (Å²) in [6, 6.07) is 1.97. The molecule has 4 nitrogen and oxygen atoms in total. The smallest absolute Gasteiger partial charge is 0.131 e. The van der Waals surface area contributed by atoms with Crippen LogP contribution in [-0.4, -0.2) is 34.9 Å². The van der Waals surface area contributed by atoms with Crippen LogP contribution in [0.5, 0.6) is 0 Å². The van der Waals surface area contributed by atoms with Crippen molar-refractivity contribution in [2.45, 2.75) is 32.5 Å². The Morgan fingerprint density at radius 2 is 2.18 bits per heavy atom. The lowest BCUT2D eigenvalue weighted by Gasteiger charge is -2.35. The Kier molecular flexibility index (Phi) is 3.64. The van der Waals surface area contributed by atoms with Crippen molar-refractivity contribution in [2.24, 2.45) is 5.92 Å². The number of hydrogen-bond donors (Lipinski definition) is 2. The number of aromatic nitrogens is 1. The van der Waals surface area contributed by atoms with Crippen molar-refractivity contribution in [3.63, 3.8) is 0 Å². The molecule has 0 saturated heterocycles. The fourth-order valence-electron chi connectivity index (χ4n) is 2.44. The van der Waals surface area contributed by atoms with Crippen LogP contribution in [0.2, 0.25) is 0 Å². The lowest BCUT2D eigenvalue weighted by atomic mass is 9.82. The van der Waals surface area contributed by atoms with Gasteiger partial charge in [0.2, 0.25) is 0 Å². The van der Waals surface area contributed by atoms with Crippen LogP contribution >= 0.6 is 0 Å². The molecule has 0 aromatic carbocycles. The minimum Gasteiger partial charge on any atom is -0.393 e. The minimum atomic E-state index is -0.0979. The Balaban J connectivity index is 2.01. The van der Waals surface area contributed by atoms with Crippen molar-refractivity contribution in [1.29, 1.82) is 0 Å². The molecule has 17 heavy (non-hydrogen) atoms.